The van der Waals surface area contributed by atoms with Gasteiger partial charge in [-0.15, -0.1) is 22.7 Å². The monoisotopic (exact) mass is 360 g/mol. The van der Waals surface area contributed by atoms with Gasteiger partial charge in [0.15, 0.2) is 11.5 Å². The summed E-state index contributed by atoms with van der Waals surface area (Å²) in [6.07, 6.45) is 0. The molecule has 0 aliphatic heterocycles. The van der Waals surface area contributed by atoms with E-state index in [0.717, 1.165) is 40.9 Å². The van der Waals surface area contributed by atoms with E-state index in [1.54, 1.807) is 36.9 Å². The zero-order chi connectivity index (χ0) is 16.9. The van der Waals surface area contributed by atoms with Crippen molar-refractivity contribution in [3.63, 3.8) is 0 Å². The van der Waals surface area contributed by atoms with Crippen molar-refractivity contribution in [2.24, 2.45) is 0 Å². The van der Waals surface area contributed by atoms with E-state index < -0.39 is 0 Å². The predicted octanol–water partition coefficient (Wildman–Crippen LogP) is 4.52. The van der Waals surface area contributed by atoms with Gasteiger partial charge in [-0.1, -0.05) is 6.07 Å². The second-order valence-electron chi connectivity index (χ2n) is 5.47. The van der Waals surface area contributed by atoms with Crippen LogP contribution >= 0.6 is 22.7 Å². The van der Waals surface area contributed by atoms with Crippen LogP contribution in [-0.2, 0) is 13.1 Å². The van der Waals surface area contributed by atoms with E-state index in [1.807, 2.05) is 18.2 Å². The smallest absolute Gasteiger partial charge is 0.161 e. The van der Waals surface area contributed by atoms with Crippen molar-refractivity contribution in [2.75, 3.05) is 21.3 Å². The maximum atomic E-state index is 5.37. The van der Waals surface area contributed by atoms with Crippen LogP contribution in [0.15, 0.2) is 41.1 Å². The fraction of sp³-hybridized carbons (Fsp3) is 0.278. The van der Waals surface area contributed by atoms with Gasteiger partial charge in [0.05, 0.1) is 19.9 Å². The summed E-state index contributed by atoms with van der Waals surface area (Å²) in [6.45, 7) is 1.78. The van der Waals surface area contributed by atoms with E-state index in [0.29, 0.717) is 0 Å². The molecular formula is C18H20N2O2S2. The maximum Gasteiger partial charge on any atom is 0.161 e. The van der Waals surface area contributed by atoms with Crippen molar-refractivity contribution < 1.29 is 9.47 Å². The Balaban J connectivity index is 1.71. The molecule has 0 radical (unpaired) electrons. The SMILES string of the molecule is COc1ccc(-c2nc(CN(C)Cc3cccs3)cs2)cc1OC. The minimum Gasteiger partial charge on any atom is -0.493 e. The van der Waals surface area contributed by atoms with Gasteiger partial charge in [-0.3, -0.25) is 4.90 Å². The molecule has 0 saturated heterocycles. The van der Waals surface area contributed by atoms with Crippen LogP contribution in [0.4, 0.5) is 0 Å². The molecule has 0 atom stereocenters. The lowest BCUT2D eigenvalue weighted by Gasteiger charge is -2.13. The number of rotatable bonds is 7. The molecule has 0 saturated carbocycles. The van der Waals surface area contributed by atoms with Gasteiger partial charge in [0.25, 0.3) is 0 Å². The van der Waals surface area contributed by atoms with Gasteiger partial charge in [-0.2, -0.15) is 0 Å². The number of thiophene rings is 1. The van der Waals surface area contributed by atoms with Gasteiger partial charge in [-0.05, 0) is 36.7 Å². The van der Waals surface area contributed by atoms with E-state index in [-0.39, 0.29) is 0 Å². The second-order valence-corrected chi connectivity index (χ2v) is 7.36. The number of ether oxygens (including phenoxy) is 2. The summed E-state index contributed by atoms with van der Waals surface area (Å²) < 4.78 is 10.7. The van der Waals surface area contributed by atoms with Gasteiger partial charge < -0.3 is 9.47 Å². The van der Waals surface area contributed by atoms with Crippen LogP contribution in [0, 0.1) is 0 Å². The van der Waals surface area contributed by atoms with Crippen LogP contribution in [0.25, 0.3) is 10.6 Å². The minimum atomic E-state index is 0.724. The molecule has 0 bridgehead atoms. The maximum absolute atomic E-state index is 5.37. The van der Waals surface area contributed by atoms with E-state index in [4.69, 9.17) is 14.5 Å². The average Bonchev–Trinajstić information content (AvgIpc) is 3.26. The number of thiazole rings is 1. The third-order valence-corrected chi connectivity index (χ3v) is 5.42. The molecule has 3 aromatic rings. The summed E-state index contributed by atoms with van der Waals surface area (Å²) >= 11 is 3.44. The third kappa shape index (κ3) is 3.95. The summed E-state index contributed by atoms with van der Waals surface area (Å²) in [4.78, 5) is 8.41. The Morgan fingerprint density at radius 1 is 1.04 bits per heavy atom. The lowest BCUT2D eigenvalue weighted by atomic mass is 10.2. The van der Waals surface area contributed by atoms with Crippen molar-refractivity contribution in [1.82, 2.24) is 9.88 Å². The Morgan fingerprint density at radius 3 is 2.58 bits per heavy atom. The number of nitrogens with zero attached hydrogens (tertiary/aromatic N) is 2. The van der Waals surface area contributed by atoms with Crippen molar-refractivity contribution >= 4 is 22.7 Å². The van der Waals surface area contributed by atoms with Crippen LogP contribution in [0.5, 0.6) is 11.5 Å². The second kappa shape index (κ2) is 7.79. The van der Waals surface area contributed by atoms with Gasteiger partial charge in [0.1, 0.15) is 5.01 Å². The van der Waals surface area contributed by atoms with Crippen LogP contribution in [-0.4, -0.2) is 31.2 Å². The first-order valence-electron chi connectivity index (χ1n) is 7.57. The van der Waals surface area contributed by atoms with Crippen molar-refractivity contribution in [1.29, 1.82) is 0 Å². The molecule has 2 aromatic heterocycles. The molecule has 6 heteroatoms. The van der Waals surface area contributed by atoms with Crippen LogP contribution in [0.2, 0.25) is 0 Å². The summed E-state index contributed by atoms with van der Waals surface area (Å²) in [5.74, 6) is 1.45. The van der Waals surface area contributed by atoms with Gasteiger partial charge in [0.2, 0.25) is 0 Å². The Bertz CT molecular complexity index is 784. The normalized spacial score (nSPS) is 11.0. The molecule has 0 amide bonds. The highest BCUT2D eigenvalue weighted by molar-refractivity contribution is 7.13. The van der Waals surface area contributed by atoms with E-state index in [9.17, 15) is 0 Å². The Labute approximate surface area is 150 Å². The van der Waals surface area contributed by atoms with Crippen LogP contribution in [0.1, 0.15) is 10.6 Å². The third-order valence-electron chi connectivity index (χ3n) is 3.62. The van der Waals surface area contributed by atoms with E-state index in [1.165, 1.54) is 4.88 Å². The minimum absolute atomic E-state index is 0.724. The molecule has 3 rings (SSSR count). The molecule has 126 valence electrons. The Kier molecular flexibility index (Phi) is 5.50. The van der Waals surface area contributed by atoms with Crippen LogP contribution in [0.3, 0.4) is 0 Å². The summed E-state index contributed by atoms with van der Waals surface area (Å²) in [5, 5.41) is 5.23. The van der Waals surface area contributed by atoms with E-state index >= 15 is 0 Å². The molecule has 0 spiro atoms. The predicted molar refractivity (Wildman–Crippen MR) is 100 cm³/mol. The molecule has 0 unspecified atom stereocenters. The molecule has 1 aromatic carbocycles. The highest BCUT2D eigenvalue weighted by Gasteiger charge is 2.11. The lowest BCUT2D eigenvalue weighted by Crippen LogP contribution is -2.16. The first kappa shape index (κ1) is 17.0. The molecule has 0 N–H and O–H groups in total. The standard InChI is InChI=1S/C18H20N2O2S2/c1-20(11-15-5-4-8-23-15)10-14-12-24-18(19-14)13-6-7-16(21-2)17(9-13)22-3/h4-9,12H,10-11H2,1-3H3. The zero-order valence-electron chi connectivity index (χ0n) is 14.0. The summed E-state index contributed by atoms with van der Waals surface area (Å²) in [5.41, 5.74) is 2.13. The van der Waals surface area contributed by atoms with Crippen molar-refractivity contribution in [3.05, 3.63) is 51.7 Å². The molecule has 2 heterocycles. The fourth-order valence-corrected chi connectivity index (χ4v) is 4.07. The summed E-state index contributed by atoms with van der Waals surface area (Å²) in [7, 11) is 5.41. The molecule has 4 nitrogen and oxygen atoms in total. The quantitative estimate of drug-likeness (QED) is 0.620. The molecule has 0 aliphatic rings. The molecule has 24 heavy (non-hydrogen) atoms. The van der Waals surface area contributed by atoms with Crippen LogP contribution < -0.4 is 9.47 Å². The summed E-state index contributed by atoms with van der Waals surface area (Å²) in [6, 6.07) is 10.2. The Morgan fingerprint density at radius 2 is 1.88 bits per heavy atom. The van der Waals surface area contributed by atoms with E-state index in [2.05, 4.69) is 34.8 Å². The first-order valence-corrected chi connectivity index (χ1v) is 9.33. The molecule has 0 aliphatic carbocycles. The molecule has 0 fully saturated rings. The number of hydrogen-bond donors (Lipinski definition) is 0. The zero-order valence-corrected chi connectivity index (χ0v) is 15.6. The largest absolute Gasteiger partial charge is 0.493 e. The number of aromatic nitrogens is 1. The van der Waals surface area contributed by atoms with Crippen molar-refractivity contribution in [3.8, 4) is 22.1 Å². The topological polar surface area (TPSA) is 34.6 Å². The Hall–Kier alpha value is -1.89. The number of benzene rings is 1. The van der Waals surface area contributed by atoms with Gasteiger partial charge in [-0.25, -0.2) is 4.98 Å². The van der Waals surface area contributed by atoms with Gasteiger partial charge >= 0.3 is 0 Å². The van der Waals surface area contributed by atoms with Gasteiger partial charge in [0, 0.05) is 28.9 Å². The number of methoxy groups -OCH3 is 2. The molecular weight excluding hydrogens is 340 g/mol. The number of hydrogen-bond acceptors (Lipinski definition) is 6. The highest BCUT2D eigenvalue weighted by Crippen LogP contribution is 2.33. The van der Waals surface area contributed by atoms with Crippen molar-refractivity contribution in [2.45, 2.75) is 13.1 Å². The fourth-order valence-electron chi connectivity index (χ4n) is 2.48. The highest BCUT2D eigenvalue weighted by atomic mass is 32.1. The average molecular weight is 361 g/mol. The lowest BCUT2D eigenvalue weighted by molar-refractivity contribution is 0.318. The first-order chi connectivity index (χ1) is 11.7.